The third-order valence-corrected chi connectivity index (χ3v) is 5.56. The molecule has 0 saturated carbocycles. The molecule has 0 spiro atoms. The van der Waals surface area contributed by atoms with Crippen LogP contribution in [0.25, 0.3) is 21.3 Å². The number of benzene rings is 2. The average Bonchev–Trinajstić information content (AvgIpc) is 3.06. The highest BCUT2D eigenvalue weighted by atomic mass is 32.1. The van der Waals surface area contributed by atoms with Crippen molar-refractivity contribution in [2.45, 2.75) is 20.3 Å². The zero-order valence-electron chi connectivity index (χ0n) is 15.4. The second-order valence-electron chi connectivity index (χ2n) is 6.76. The third kappa shape index (κ3) is 3.32. The molecule has 140 valence electrons. The molecule has 0 atom stereocenters. The summed E-state index contributed by atoms with van der Waals surface area (Å²) in [5, 5.41) is 13.3. The predicted molar refractivity (Wildman–Crippen MR) is 111 cm³/mol. The van der Waals surface area contributed by atoms with Crippen LogP contribution in [-0.2, 0) is 6.42 Å². The second kappa shape index (κ2) is 7.01. The lowest BCUT2D eigenvalue weighted by molar-refractivity contribution is -0.384. The summed E-state index contributed by atoms with van der Waals surface area (Å²) in [6, 6.07) is 12.4. The average molecular weight is 391 g/mol. The Hall–Kier alpha value is -3.32. The fourth-order valence-electron chi connectivity index (χ4n) is 3.32. The molecule has 0 amide bonds. The van der Waals surface area contributed by atoms with Crippen molar-refractivity contribution >= 4 is 27.2 Å². The molecule has 2 heterocycles. The molecule has 0 aliphatic carbocycles. The molecule has 0 unspecified atom stereocenters. The molecule has 0 aliphatic rings. The van der Waals surface area contributed by atoms with Gasteiger partial charge in [0.25, 0.3) is 11.2 Å². The first kappa shape index (κ1) is 18.1. The lowest BCUT2D eigenvalue weighted by atomic mass is 9.99. The fraction of sp³-hybridized carbons (Fsp3) is 0.143. The quantitative estimate of drug-likeness (QED) is 0.401. The highest BCUT2D eigenvalue weighted by Gasteiger charge is 2.15. The van der Waals surface area contributed by atoms with Crippen molar-refractivity contribution in [2.24, 2.45) is 0 Å². The third-order valence-electron chi connectivity index (χ3n) is 4.68. The molecular weight excluding hydrogens is 374 g/mol. The molecule has 4 aromatic rings. The number of H-pyrrole nitrogens is 1. The number of nitrogens with one attached hydrogen (secondary N) is 1. The van der Waals surface area contributed by atoms with E-state index in [1.807, 2.05) is 31.4 Å². The largest absolute Gasteiger partial charge is 0.310 e. The van der Waals surface area contributed by atoms with Crippen LogP contribution >= 0.6 is 11.3 Å². The minimum Gasteiger partial charge on any atom is -0.310 e. The maximum atomic E-state index is 12.8. The van der Waals surface area contributed by atoms with E-state index in [4.69, 9.17) is 0 Å². The van der Waals surface area contributed by atoms with Crippen molar-refractivity contribution in [3.8, 4) is 11.1 Å². The molecule has 0 saturated heterocycles. The number of hydrogen-bond acceptors (Lipinski definition) is 5. The van der Waals surface area contributed by atoms with Crippen LogP contribution in [0.3, 0.4) is 0 Å². The van der Waals surface area contributed by atoms with E-state index in [0.29, 0.717) is 22.5 Å². The van der Waals surface area contributed by atoms with Gasteiger partial charge in [0.1, 0.15) is 10.7 Å². The number of rotatable bonds is 4. The maximum Gasteiger partial charge on any atom is 0.269 e. The van der Waals surface area contributed by atoms with Crippen LogP contribution in [0.2, 0.25) is 0 Å². The van der Waals surface area contributed by atoms with E-state index in [1.54, 1.807) is 12.1 Å². The van der Waals surface area contributed by atoms with Gasteiger partial charge >= 0.3 is 0 Å². The lowest BCUT2D eigenvalue weighted by Crippen LogP contribution is -2.11. The smallest absolute Gasteiger partial charge is 0.269 e. The van der Waals surface area contributed by atoms with Gasteiger partial charge in [-0.25, -0.2) is 4.98 Å². The van der Waals surface area contributed by atoms with Crippen molar-refractivity contribution in [1.29, 1.82) is 0 Å². The van der Waals surface area contributed by atoms with Crippen molar-refractivity contribution in [3.05, 3.63) is 90.8 Å². The van der Waals surface area contributed by atoms with Gasteiger partial charge in [-0.2, -0.15) is 0 Å². The number of hydrogen-bond donors (Lipinski definition) is 1. The van der Waals surface area contributed by atoms with E-state index in [1.165, 1.54) is 29.0 Å². The first-order valence-corrected chi connectivity index (χ1v) is 9.61. The van der Waals surface area contributed by atoms with Gasteiger partial charge in [-0.3, -0.25) is 14.9 Å². The number of non-ortho nitro benzene ring substituents is 1. The minimum absolute atomic E-state index is 0.0389. The normalized spacial score (nSPS) is 11.1. The number of nitrogens with zero attached hydrogens (tertiary/aromatic N) is 2. The summed E-state index contributed by atoms with van der Waals surface area (Å²) in [7, 11) is 0. The number of aromatic nitrogens is 2. The van der Waals surface area contributed by atoms with Gasteiger partial charge in [0.05, 0.1) is 10.3 Å². The summed E-state index contributed by atoms with van der Waals surface area (Å²) in [6.07, 6.45) is 0.403. The Bertz CT molecular complexity index is 1260. The standard InChI is InChI=1S/C21H17N3O3S/c1-12-3-8-16(13(2)9-12)17-11-28-21-19(17)20(25)22-18(23-21)10-14-4-6-15(7-5-14)24(26)27/h3-9,11H,10H2,1-2H3,(H,22,23,25). The Morgan fingerprint density at radius 2 is 1.86 bits per heavy atom. The number of aromatic amines is 1. The molecule has 1 N–H and O–H groups in total. The molecule has 2 aromatic carbocycles. The van der Waals surface area contributed by atoms with Crippen molar-refractivity contribution < 1.29 is 4.92 Å². The SMILES string of the molecule is Cc1ccc(-c2csc3nc(Cc4ccc([N+](=O)[O-])cc4)[nH]c(=O)c23)c(C)c1. The summed E-state index contributed by atoms with van der Waals surface area (Å²) in [5.41, 5.74) is 4.95. The van der Waals surface area contributed by atoms with Crippen LogP contribution in [0, 0.1) is 24.0 Å². The molecule has 4 rings (SSSR count). The fourth-order valence-corrected chi connectivity index (χ4v) is 4.28. The molecular formula is C21H17N3O3S. The number of nitro benzene ring substituents is 1. The van der Waals surface area contributed by atoms with Crippen molar-refractivity contribution in [2.75, 3.05) is 0 Å². The topological polar surface area (TPSA) is 88.9 Å². The number of nitro groups is 1. The van der Waals surface area contributed by atoms with Gasteiger partial charge in [-0.05, 0) is 30.5 Å². The van der Waals surface area contributed by atoms with E-state index in [-0.39, 0.29) is 11.2 Å². The highest BCUT2D eigenvalue weighted by Crippen LogP contribution is 2.33. The Morgan fingerprint density at radius 1 is 1.11 bits per heavy atom. The molecule has 0 bridgehead atoms. The Morgan fingerprint density at radius 3 is 2.54 bits per heavy atom. The molecule has 28 heavy (non-hydrogen) atoms. The molecule has 0 fully saturated rings. The van der Waals surface area contributed by atoms with E-state index >= 15 is 0 Å². The minimum atomic E-state index is -0.434. The van der Waals surface area contributed by atoms with Gasteiger partial charge in [0, 0.05) is 29.5 Å². The van der Waals surface area contributed by atoms with Crippen molar-refractivity contribution in [1.82, 2.24) is 9.97 Å². The van der Waals surface area contributed by atoms with E-state index in [2.05, 4.69) is 16.0 Å². The molecule has 6 nitrogen and oxygen atoms in total. The van der Waals surface area contributed by atoms with E-state index in [0.717, 1.165) is 22.3 Å². The summed E-state index contributed by atoms with van der Waals surface area (Å²) >= 11 is 1.45. The first-order valence-electron chi connectivity index (χ1n) is 8.74. The summed E-state index contributed by atoms with van der Waals surface area (Å²) in [4.78, 5) is 31.3. The zero-order chi connectivity index (χ0) is 19.8. The van der Waals surface area contributed by atoms with Crippen LogP contribution in [0.1, 0.15) is 22.5 Å². The predicted octanol–water partition coefficient (Wildman–Crippen LogP) is 4.77. The zero-order valence-corrected chi connectivity index (χ0v) is 16.2. The maximum absolute atomic E-state index is 12.8. The Labute approximate surface area is 164 Å². The number of aryl methyl sites for hydroxylation is 2. The van der Waals surface area contributed by atoms with Gasteiger partial charge in [-0.15, -0.1) is 11.3 Å². The Balaban J connectivity index is 1.72. The monoisotopic (exact) mass is 391 g/mol. The van der Waals surface area contributed by atoms with Gasteiger partial charge < -0.3 is 4.98 Å². The van der Waals surface area contributed by atoms with Crippen LogP contribution in [0.5, 0.6) is 0 Å². The summed E-state index contributed by atoms with van der Waals surface area (Å²) < 4.78 is 0. The van der Waals surface area contributed by atoms with E-state index in [9.17, 15) is 14.9 Å². The molecule has 0 aliphatic heterocycles. The van der Waals surface area contributed by atoms with Gasteiger partial charge in [0.2, 0.25) is 0 Å². The van der Waals surface area contributed by atoms with Crippen LogP contribution in [0.15, 0.2) is 52.6 Å². The van der Waals surface area contributed by atoms with Crippen LogP contribution in [-0.4, -0.2) is 14.9 Å². The van der Waals surface area contributed by atoms with Gasteiger partial charge in [-0.1, -0.05) is 35.9 Å². The molecule has 7 heteroatoms. The summed E-state index contributed by atoms with van der Waals surface area (Å²) in [5.74, 6) is 0.542. The summed E-state index contributed by atoms with van der Waals surface area (Å²) in [6.45, 7) is 4.08. The van der Waals surface area contributed by atoms with Gasteiger partial charge in [0.15, 0.2) is 0 Å². The van der Waals surface area contributed by atoms with E-state index < -0.39 is 4.92 Å². The van der Waals surface area contributed by atoms with Crippen LogP contribution in [0.4, 0.5) is 5.69 Å². The van der Waals surface area contributed by atoms with Crippen molar-refractivity contribution in [3.63, 3.8) is 0 Å². The molecule has 0 radical (unpaired) electrons. The second-order valence-corrected chi connectivity index (χ2v) is 7.62. The molecule has 2 aromatic heterocycles. The highest BCUT2D eigenvalue weighted by molar-refractivity contribution is 7.17. The lowest BCUT2D eigenvalue weighted by Gasteiger charge is -2.06. The first-order chi connectivity index (χ1) is 13.4. The number of fused-ring (bicyclic) bond motifs is 1. The number of thiophene rings is 1. The van der Waals surface area contributed by atoms with Crippen LogP contribution < -0.4 is 5.56 Å². The Kier molecular flexibility index (Phi) is 4.52.